The molecule has 0 aromatic heterocycles. The molecular weight excluding hydrogens is 270 g/mol. The van der Waals surface area contributed by atoms with Gasteiger partial charge in [0.05, 0.1) is 11.9 Å². The van der Waals surface area contributed by atoms with Crippen molar-refractivity contribution in [2.45, 2.75) is 0 Å². The first kappa shape index (κ1) is 15.0. The lowest BCUT2D eigenvalue weighted by molar-refractivity contribution is 0.0827. The van der Waals surface area contributed by atoms with Gasteiger partial charge in [-0.1, -0.05) is 0 Å². The maximum Gasteiger partial charge on any atom is 0.253 e. The first-order valence-corrected chi connectivity index (χ1v) is 7.13. The summed E-state index contributed by atoms with van der Waals surface area (Å²) in [6.07, 6.45) is 0.970. The number of anilines is 1. The van der Waals surface area contributed by atoms with Crippen LogP contribution >= 0.6 is 0 Å². The van der Waals surface area contributed by atoms with Crippen LogP contribution in [0.4, 0.5) is 5.69 Å². The molecule has 0 spiro atoms. The molecule has 2 amide bonds. The van der Waals surface area contributed by atoms with Crippen molar-refractivity contribution < 1.29 is 18.0 Å². The normalized spacial score (nSPS) is 10.9. The van der Waals surface area contributed by atoms with Gasteiger partial charge in [-0.3, -0.25) is 14.3 Å². The Kier molecular flexibility index (Phi) is 4.15. The summed E-state index contributed by atoms with van der Waals surface area (Å²) in [5.41, 5.74) is 5.49. The second kappa shape index (κ2) is 5.27. The number of hydrogen-bond donors (Lipinski definition) is 2. The molecule has 8 heteroatoms. The molecule has 0 aliphatic heterocycles. The van der Waals surface area contributed by atoms with Crippen LogP contribution in [-0.4, -0.2) is 45.5 Å². The Morgan fingerprint density at radius 1 is 1.16 bits per heavy atom. The van der Waals surface area contributed by atoms with Crippen LogP contribution in [0.2, 0.25) is 0 Å². The van der Waals surface area contributed by atoms with E-state index in [9.17, 15) is 18.0 Å². The zero-order valence-corrected chi connectivity index (χ0v) is 11.6. The number of hydrogen-bond acceptors (Lipinski definition) is 4. The van der Waals surface area contributed by atoms with E-state index in [2.05, 4.69) is 4.72 Å². The monoisotopic (exact) mass is 285 g/mol. The van der Waals surface area contributed by atoms with Crippen molar-refractivity contribution in [2.75, 3.05) is 25.1 Å². The van der Waals surface area contributed by atoms with Crippen molar-refractivity contribution in [1.29, 1.82) is 0 Å². The average molecular weight is 285 g/mol. The number of carbonyl (C=O) groups excluding carboxylic acids is 2. The average Bonchev–Trinajstić information content (AvgIpc) is 2.24. The lowest BCUT2D eigenvalue weighted by Crippen LogP contribution is -2.23. The predicted octanol–water partition coefficient (Wildman–Crippen LogP) is -0.141. The van der Waals surface area contributed by atoms with Gasteiger partial charge in [0, 0.05) is 25.2 Å². The molecule has 0 saturated heterocycles. The van der Waals surface area contributed by atoms with Crippen molar-refractivity contribution in [3.63, 3.8) is 0 Å². The number of nitrogens with zero attached hydrogens (tertiary/aromatic N) is 1. The molecule has 1 aromatic carbocycles. The number of rotatable bonds is 4. The number of amides is 2. The smallest absolute Gasteiger partial charge is 0.253 e. The van der Waals surface area contributed by atoms with Crippen LogP contribution in [0.3, 0.4) is 0 Å². The molecule has 104 valence electrons. The number of nitrogens with two attached hydrogens (primary N) is 1. The maximum atomic E-state index is 11.8. The summed E-state index contributed by atoms with van der Waals surface area (Å²) in [5, 5.41) is 0. The molecule has 0 atom stereocenters. The first-order valence-electron chi connectivity index (χ1n) is 5.24. The van der Waals surface area contributed by atoms with E-state index in [4.69, 9.17) is 5.73 Å². The molecule has 0 saturated carbocycles. The highest BCUT2D eigenvalue weighted by atomic mass is 32.2. The maximum absolute atomic E-state index is 11.8. The summed E-state index contributed by atoms with van der Waals surface area (Å²) < 4.78 is 24.6. The van der Waals surface area contributed by atoms with Crippen LogP contribution in [-0.2, 0) is 10.0 Å². The third-order valence-electron chi connectivity index (χ3n) is 2.17. The summed E-state index contributed by atoms with van der Waals surface area (Å²) in [6, 6.07) is 3.93. The summed E-state index contributed by atoms with van der Waals surface area (Å²) in [6.45, 7) is 0. The van der Waals surface area contributed by atoms with Crippen LogP contribution in [0.1, 0.15) is 20.7 Å². The number of sulfonamides is 1. The van der Waals surface area contributed by atoms with Gasteiger partial charge < -0.3 is 10.6 Å². The highest BCUT2D eigenvalue weighted by Gasteiger charge is 2.14. The van der Waals surface area contributed by atoms with Gasteiger partial charge in [-0.25, -0.2) is 8.42 Å². The standard InChI is InChI=1S/C11H15N3O4S/c1-14(2)11(16)8-4-7(10(12)15)5-9(6-8)13-19(3,17)18/h4-6,13H,1-3H3,(H2,12,15). The molecule has 19 heavy (non-hydrogen) atoms. The number of benzene rings is 1. The summed E-state index contributed by atoms with van der Waals surface area (Å²) in [4.78, 5) is 24.3. The molecular formula is C11H15N3O4S. The van der Waals surface area contributed by atoms with Gasteiger partial charge in [-0.05, 0) is 18.2 Å². The largest absolute Gasteiger partial charge is 0.366 e. The fourth-order valence-corrected chi connectivity index (χ4v) is 1.97. The van der Waals surface area contributed by atoms with Crippen molar-refractivity contribution in [3.8, 4) is 0 Å². The highest BCUT2D eigenvalue weighted by molar-refractivity contribution is 7.92. The van der Waals surface area contributed by atoms with Gasteiger partial charge in [-0.15, -0.1) is 0 Å². The second-order valence-electron chi connectivity index (χ2n) is 4.24. The van der Waals surface area contributed by atoms with Gasteiger partial charge in [-0.2, -0.15) is 0 Å². The van der Waals surface area contributed by atoms with Crippen molar-refractivity contribution in [2.24, 2.45) is 5.73 Å². The minimum atomic E-state index is -3.51. The quantitative estimate of drug-likeness (QED) is 0.802. The topological polar surface area (TPSA) is 110 Å². The summed E-state index contributed by atoms with van der Waals surface area (Å²) >= 11 is 0. The summed E-state index contributed by atoms with van der Waals surface area (Å²) in [5.74, 6) is -1.11. The fraction of sp³-hybridized carbons (Fsp3) is 0.273. The van der Waals surface area contributed by atoms with Gasteiger partial charge in [0.1, 0.15) is 0 Å². The minimum Gasteiger partial charge on any atom is -0.366 e. The van der Waals surface area contributed by atoms with E-state index in [1.54, 1.807) is 14.1 Å². The molecule has 0 fully saturated rings. The molecule has 0 aliphatic carbocycles. The van der Waals surface area contributed by atoms with Crippen LogP contribution in [0.5, 0.6) is 0 Å². The third-order valence-corrected chi connectivity index (χ3v) is 2.78. The van der Waals surface area contributed by atoms with Gasteiger partial charge >= 0.3 is 0 Å². The van der Waals surface area contributed by atoms with E-state index in [1.165, 1.54) is 23.1 Å². The molecule has 0 bridgehead atoms. The SMILES string of the molecule is CN(C)C(=O)c1cc(NS(C)(=O)=O)cc(C(N)=O)c1. The zero-order chi connectivity index (χ0) is 14.8. The Bertz CT molecular complexity index is 623. The van der Waals surface area contributed by atoms with Crippen molar-refractivity contribution >= 4 is 27.5 Å². The first-order chi connectivity index (χ1) is 8.60. The Labute approximate surface area is 111 Å². The van der Waals surface area contributed by atoms with E-state index in [1.807, 2.05) is 0 Å². The van der Waals surface area contributed by atoms with Crippen LogP contribution in [0.25, 0.3) is 0 Å². The lowest BCUT2D eigenvalue weighted by atomic mass is 10.1. The van der Waals surface area contributed by atoms with Crippen LogP contribution in [0.15, 0.2) is 18.2 Å². The van der Waals surface area contributed by atoms with E-state index >= 15 is 0 Å². The van der Waals surface area contributed by atoms with E-state index in [-0.39, 0.29) is 22.7 Å². The molecule has 0 heterocycles. The molecule has 1 rings (SSSR count). The van der Waals surface area contributed by atoms with Crippen molar-refractivity contribution in [3.05, 3.63) is 29.3 Å². The van der Waals surface area contributed by atoms with Gasteiger partial charge in [0.15, 0.2) is 0 Å². The minimum absolute atomic E-state index is 0.0545. The molecule has 0 aliphatic rings. The molecule has 1 aromatic rings. The van der Waals surface area contributed by atoms with Gasteiger partial charge in [0.2, 0.25) is 15.9 Å². The number of carbonyl (C=O) groups is 2. The Hall–Kier alpha value is -2.09. The Morgan fingerprint density at radius 3 is 2.11 bits per heavy atom. The molecule has 3 N–H and O–H groups in total. The Morgan fingerprint density at radius 2 is 1.68 bits per heavy atom. The van der Waals surface area contributed by atoms with Crippen LogP contribution < -0.4 is 10.5 Å². The van der Waals surface area contributed by atoms with Crippen LogP contribution in [0, 0.1) is 0 Å². The van der Waals surface area contributed by atoms with Crippen molar-refractivity contribution in [1.82, 2.24) is 4.90 Å². The molecule has 0 radical (unpaired) electrons. The lowest BCUT2D eigenvalue weighted by Gasteiger charge is -2.13. The fourth-order valence-electron chi connectivity index (χ4n) is 1.42. The highest BCUT2D eigenvalue weighted by Crippen LogP contribution is 2.17. The predicted molar refractivity (Wildman–Crippen MR) is 71.4 cm³/mol. The number of primary amides is 1. The Balaban J connectivity index is 3.34. The number of nitrogens with one attached hydrogen (secondary N) is 1. The van der Waals surface area contributed by atoms with Gasteiger partial charge in [0.25, 0.3) is 5.91 Å². The van der Waals surface area contributed by atoms with E-state index < -0.39 is 15.9 Å². The molecule has 7 nitrogen and oxygen atoms in total. The third kappa shape index (κ3) is 4.25. The van der Waals surface area contributed by atoms with E-state index in [0.717, 1.165) is 6.26 Å². The summed E-state index contributed by atoms with van der Waals surface area (Å²) in [7, 11) is -0.420. The zero-order valence-electron chi connectivity index (χ0n) is 10.8. The van der Waals surface area contributed by atoms with E-state index in [0.29, 0.717) is 0 Å². The second-order valence-corrected chi connectivity index (χ2v) is 5.99. The molecule has 0 unspecified atom stereocenters.